The Hall–Kier alpha value is -2.61. The van der Waals surface area contributed by atoms with Crippen molar-refractivity contribution in [3.05, 3.63) is 35.9 Å². The van der Waals surface area contributed by atoms with Crippen LogP contribution in [0.15, 0.2) is 35.5 Å². The number of ether oxygens (including phenoxy) is 1. The summed E-state index contributed by atoms with van der Waals surface area (Å²) in [6, 6.07) is 9.76. The Morgan fingerprint density at radius 2 is 1.87 bits per heavy atom. The minimum atomic E-state index is -0.496. The van der Waals surface area contributed by atoms with Crippen LogP contribution in [0, 0.1) is 0 Å². The second kappa shape index (κ2) is 10.6. The van der Waals surface area contributed by atoms with Crippen LogP contribution in [-0.4, -0.2) is 59.9 Å². The molecule has 0 aromatic heterocycles. The fourth-order valence-electron chi connectivity index (χ4n) is 3.65. The van der Waals surface area contributed by atoms with Gasteiger partial charge < -0.3 is 25.1 Å². The fraction of sp³-hybridized carbons (Fsp3) is 0.609. The van der Waals surface area contributed by atoms with E-state index in [0.717, 1.165) is 30.5 Å². The highest BCUT2D eigenvalue weighted by atomic mass is 16.6. The Morgan fingerprint density at radius 1 is 1.16 bits per heavy atom. The van der Waals surface area contributed by atoms with E-state index in [0.29, 0.717) is 32.7 Å². The normalized spacial score (nSPS) is 21.6. The van der Waals surface area contributed by atoms with Crippen LogP contribution < -0.4 is 10.6 Å². The third-order valence-corrected chi connectivity index (χ3v) is 5.35. The van der Waals surface area contributed by atoms with Crippen molar-refractivity contribution in [2.24, 2.45) is 5.16 Å². The highest BCUT2D eigenvalue weighted by Crippen LogP contribution is 2.16. The topological polar surface area (TPSA) is 92.3 Å². The fourth-order valence-corrected chi connectivity index (χ4v) is 3.65. The maximum absolute atomic E-state index is 12.6. The average Bonchev–Trinajstić information content (AvgIpc) is 2.74. The van der Waals surface area contributed by atoms with Crippen molar-refractivity contribution in [3.63, 3.8) is 0 Å². The van der Waals surface area contributed by atoms with E-state index in [1.165, 1.54) is 0 Å². The second-order valence-electron chi connectivity index (χ2n) is 9.14. The van der Waals surface area contributed by atoms with Crippen molar-refractivity contribution >= 4 is 17.7 Å². The molecule has 8 nitrogen and oxygen atoms in total. The second-order valence-corrected chi connectivity index (χ2v) is 9.14. The molecule has 2 aliphatic heterocycles. The first-order valence-corrected chi connectivity index (χ1v) is 11.0. The number of nitrogens with one attached hydrogen (secondary N) is 2. The lowest BCUT2D eigenvalue weighted by Gasteiger charge is -2.34. The van der Waals surface area contributed by atoms with Gasteiger partial charge in [0, 0.05) is 25.7 Å². The predicted octanol–water partition coefficient (Wildman–Crippen LogP) is 2.83. The molecular weight excluding hydrogens is 396 g/mol. The molecule has 31 heavy (non-hydrogen) atoms. The molecule has 170 valence electrons. The number of hydrogen-bond donors (Lipinski definition) is 2. The molecule has 0 radical (unpaired) electrons. The van der Waals surface area contributed by atoms with Crippen molar-refractivity contribution in [3.8, 4) is 0 Å². The monoisotopic (exact) mass is 430 g/mol. The van der Waals surface area contributed by atoms with Gasteiger partial charge in [-0.3, -0.25) is 4.79 Å². The van der Waals surface area contributed by atoms with Crippen LogP contribution in [0.2, 0.25) is 0 Å². The highest BCUT2D eigenvalue weighted by Gasteiger charge is 2.30. The Morgan fingerprint density at radius 3 is 2.48 bits per heavy atom. The summed E-state index contributed by atoms with van der Waals surface area (Å²) in [5.74, 6) is 0.0139. The van der Waals surface area contributed by atoms with E-state index < -0.39 is 5.60 Å². The van der Waals surface area contributed by atoms with E-state index in [2.05, 4.69) is 15.8 Å². The van der Waals surface area contributed by atoms with Crippen molar-refractivity contribution in [1.29, 1.82) is 0 Å². The third kappa shape index (κ3) is 7.54. The lowest BCUT2D eigenvalue weighted by Crippen LogP contribution is -2.54. The van der Waals surface area contributed by atoms with E-state index >= 15 is 0 Å². The van der Waals surface area contributed by atoms with Crippen molar-refractivity contribution in [2.75, 3.05) is 19.6 Å². The summed E-state index contributed by atoms with van der Waals surface area (Å²) in [4.78, 5) is 31.9. The van der Waals surface area contributed by atoms with Gasteiger partial charge in [0.25, 0.3) is 0 Å². The maximum Gasteiger partial charge on any atom is 0.410 e. The number of likely N-dealkylation sites (tertiary alicyclic amines) is 1. The zero-order valence-electron chi connectivity index (χ0n) is 18.7. The van der Waals surface area contributed by atoms with Gasteiger partial charge in [0.15, 0.2) is 0 Å². The lowest BCUT2D eigenvalue weighted by molar-refractivity contribution is -0.124. The van der Waals surface area contributed by atoms with Crippen LogP contribution in [0.5, 0.6) is 0 Å². The molecule has 2 saturated heterocycles. The minimum Gasteiger partial charge on any atom is -0.444 e. The van der Waals surface area contributed by atoms with E-state index in [-0.39, 0.29) is 24.1 Å². The molecule has 2 fully saturated rings. The summed E-state index contributed by atoms with van der Waals surface area (Å²) in [5, 5.41) is 10.6. The SMILES string of the molecule is CC(C)(C)OC(=O)N1CCC(NC(=O)C2CCC(=NOCc3ccccc3)CN2)CC1. The molecular formula is C23H34N4O4. The van der Waals surface area contributed by atoms with Gasteiger partial charge in [-0.2, -0.15) is 0 Å². The largest absolute Gasteiger partial charge is 0.444 e. The third-order valence-electron chi connectivity index (χ3n) is 5.35. The van der Waals surface area contributed by atoms with Gasteiger partial charge in [-0.25, -0.2) is 4.79 Å². The van der Waals surface area contributed by atoms with Crippen LogP contribution in [0.25, 0.3) is 0 Å². The van der Waals surface area contributed by atoms with Crippen molar-refractivity contribution in [2.45, 2.75) is 70.7 Å². The first-order valence-electron chi connectivity index (χ1n) is 11.0. The number of carbonyl (C=O) groups excluding carboxylic acids is 2. The molecule has 2 heterocycles. The zero-order valence-corrected chi connectivity index (χ0v) is 18.7. The zero-order chi connectivity index (χ0) is 22.3. The smallest absolute Gasteiger partial charge is 0.410 e. The van der Waals surface area contributed by atoms with Gasteiger partial charge >= 0.3 is 6.09 Å². The molecule has 1 aromatic carbocycles. The summed E-state index contributed by atoms with van der Waals surface area (Å²) >= 11 is 0. The van der Waals surface area contributed by atoms with Crippen LogP contribution in [0.3, 0.4) is 0 Å². The standard InChI is InChI=1S/C23H34N4O4/c1-23(2,3)31-22(29)27-13-11-18(12-14-27)25-21(28)20-10-9-19(15-24-20)26-30-16-17-7-5-4-6-8-17/h4-8,18,20,24H,9-16H2,1-3H3,(H,25,28). The Bertz CT molecular complexity index is 758. The molecule has 0 aliphatic carbocycles. The summed E-state index contributed by atoms with van der Waals surface area (Å²) < 4.78 is 5.42. The first-order chi connectivity index (χ1) is 14.8. The Balaban J connectivity index is 1.35. The molecule has 2 amide bonds. The number of hydrogen-bond acceptors (Lipinski definition) is 6. The Labute approximate surface area is 184 Å². The number of rotatable bonds is 5. The highest BCUT2D eigenvalue weighted by molar-refractivity contribution is 5.90. The summed E-state index contributed by atoms with van der Waals surface area (Å²) in [7, 11) is 0. The predicted molar refractivity (Wildman–Crippen MR) is 119 cm³/mol. The summed E-state index contributed by atoms with van der Waals surface area (Å²) in [6.07, 6.45) is 2.61. The molecule has 0 saturated carbocycles. The van der Waals surface area contributed by atoms with Gasteiger partial charge in [0.1, 0.15) is 12.2 Å². The van der Waals surface area contributed by atoms with Crippen LogP contribution in [0.1, 0.15) is 52.0 Å². The first kappa shape index (κ1) is 23.1. The lowest BCUT2D eigenvalue weighted by atomic mass is 10.0. The minimum absolute atomic E-state index is 0.0139. The van der Waals surface area contributed by atoms with Gasteiger partial charge in [-0.1, -0.05) is 35.5 Å². The Kier molecular flexibility index (Phi) is 7.90. The van der Waals surface area contributed by atoms with E-state index in [1.807, 2.05) is 51.1 Å². The maximum atomic E-state index is 12.6. The molecule has 8 heteroatoms. The van der Waals surface area contributed by atoms with Crippen LogP contribution in [-0.2, 0) is 21.0 Å². The number of nitrogens with zero attached hydrogens (tertiary/aromatic N) is 2. The number of amides is 2. The number of oxime groups is 1. The molecule has 0 bridgehead atoms. The number of benzene rings is 1. The number of piperidine rings is 2. The molecule has 1 unspecified atom stereocenters. The van der Waals surface area contributed by atoms with E-state index in [4.69, 9.17) is 9.57 Å². The van der Waals surface area contributed by atoms with Crippen molar-refractivity contribution < 1.29 is 19.2 Å². The molecule has 1 aromatic rings. The molecule has 2 aliphatic rings. The number of carbonyl (C=O) groups is 2. The van der Waals surface area contributed by atoms with Crippen LogP contribution in [0.4, 0.5) is 4.79 Å². The van der Waals surface area contributed by atoms with Gasteiger partial charge in [0.2, 0.25) is 5.91 Å². The van der Waals surface area contributed by atoms with Gasteiger partial charge in [0.05, 0.1) is 11.8 Å². The molecule has 1 atom stereocenters. The van der Waals surface area contributed by atoms with E-state index in [9.17, 15) is 9.59 Å². The van der Waals surface area contributed by atoms with Crippen LogP contribution >= 0.6 is 0 Å². The van der Waals surface area contributed by atoms with E-state index in [1.54, 1.807) is 4.90 Å². The van der Waals surface area contributed by atoms with Gasteiger partial charge in [-0.15, -0.1) is 0 Å². The summed E-state index contributed by atoms with van der Waals surface area (Å²) in [5.41, 5.74) is 1.50. The van der Waals surface area contributed by atoms with Crippen molar-refractivity contribution in [1.82, 2.24) is 15.5 Å². The van der Waals surface area contributed by atoms with Gasteiger partial charge in [-0.05, 0) is 52.0 Å². The quantitative estimate of drug-likeness (QED) is 0.701. The molecule has 0 spiro atoms. The average molecular weight is 431 g/mol. The molecule has 2 N–H and O–H groups in total. The summed E-state index contributed by atoms with van der Waals surface area (Å²) in [6.45, 7) is 7.75. The molecule has 3 rings (SSSR count).